The van der Waals surface area contributed by atoms with Gasteiger partial charge >= 0.3 is 0 Å². The number of carbonyl (C=O) groups is 1. The van der Waals surface area contributed by atoms with Gasteiger partial charge in [0.05, 0.1) is 4.90 Å². The topological polar surface area (TPSA) is 75.3 Å². The Hall–Kier alpha value is -1.40. The lowest BCUT2D eigenvalue weighted by molar-refractivity contribution is 0.0932. The van der Waals surface area contributed by atoms with Gasteiger partial charge in [-0.15, -0.1) is 0 Å². The van der Waals surface area contributed by atoms with E-state index in [1.807, 2.05) is 6.92 Å². The van der Waals surface area contributed by atoms with E-state index in [1.54, 1.807) is 6.07 Å². The molecule has 22 heavy (non-hydrogen) atoms. The quantitative estimate of drug-likeness (QED) is 0.835. The van der Waals surface area contributed by atoms with Crippen molar-refractivity contribution in [1.29, 1.82) is 0 Å². The van der Waals surface area contributed by atoms with E-state index in [0.29, 0.717) is 5.56 Å². The Morgan fingerprint density at radius 2 is 1.77 bits per heavy atom. The zero-order valence-electron chi connectivity index (χ0n) is 13.2. The highest BCUT2D eigenvalue weighted by Gasteiger charge is 2.19. The van der Waals surface area contributed by atoms with Crippen LogP contribution in [0.4, 0.5) is 0 Å². The number of rotatable bonds is 4. The van der Waals surface area contributed by atoms with Crippen molar-refractivity contribution in [3.05, 3.63) is 29.3 Å². The van der Waals surface area contributed by atoms with Gasteiger partial charge in [0.15, 0.2) is 0 Å². The third kappa shape index (κ3) is 4.08. The molecule has 6 heteroatoms. The molecule has 5 nitrogen and oxygen atoms in total. The van der Waals surface area contributed by atoms with Crippen molar-refractivity contribution in [3.63, 3.8) is 0 Å². The number of aryl methyl sites for hydroxylation is 1. The molecule has 0 atom stereocenters. The summed E-state index contributed by atoms with van der Waals surface area (Å²) in [4.78, 5) is 12.6. The smallest absolute Gasteiger partial charge is 0.251 e. The summed E-state index contributed by atoms with van der Waals surface area (Å²) in [5, 5.41) is 3.06. The summed E-state index contributed by atoms with van der Waals surface area (Å²) in [7, 11) is -2.18. The van der Waals surface area contributed by atoms with Gasteiger partial charge in [0, 0.05) is 11.6 Å². The molecule has 0 aromatic heterocycles. The van der Waals surface area contributed by atoms with Gasteiger partial charge in [-0.25, -0.2) is 13.1 Å². The maximum atomic E-state index is 12.5. The van der Waals surface area contributed by atoms with Gasteiger partial charge in [0.2, 0.25) is 10.0 Å². The second kappa shape index (κ2) is 7.24. The molecule has 0 heterocycles. The van der Waals surface area contributed by atoms with Crippen LogP contribution in [0, 0.1) is 6.92 Å². The Kier molecular flexibility index (Phi) is 5.58. The molecule has 122 valence electrons. The molecule has 1 fully saturated rings. The molecule has 0 bridgehead atoms. The van der Waals surface area contributed by atoms with E-state index >= 15 is 0 Å². The first-order chi connectivity index (χ1) is 10.4. The number of sulfonamides is 1. The molecule has 0 saturated heterocycles. The lowest BCUT2D eigenvalue weighted by atomic mass is 10.1. The second-order valence-corrected chi connectivity index (χ2v) is 7.73. The minimum atomic E-state index is -3.54. The van der Waals surface area contributed by atoms with Crippen molar-refractivity contribution < 1.29 is 13.2 Å². The largest absolute Gasteiger partial charge is 0.349 e. The number of nitrogens with one attached hydrogen (secondary N) is 2. The van der Waals surface area contributed by atoms with Crippen LogP contribution in [-0.4, -0.2) is 27.4 Å². The van der Waals surface area contributed by atoms with E-state index in [0.717, 1.165) is 31.2 Å². The molecular weight excluding hydrogens is 300 g/mol. The van der Waals surface area contributed by atoms with Gasteiger partial charge in [-0.05, 0) is 44.5 Å². The zero-order valence-corrected chi connectivity index (χ0v) is 14.0. The highest BCUT2D eigenvalue weighted by Crippen LogP contribution is 2.19. The highest BCUT2D eigenvalue weighted by atomic mass is 32.2. The van der Waals surface area contributed by atoms with E-state index < -0.39 is 10.0 Å². The van der Waals surface area contributed by atoms with E-state index in [-0.39, 0.29) is 16.8 Å². The van der Waals surface area contributed by atoms with Gasteiger partial charge in [0.25, 0.3) is 5.91 Å². The standard InChI is InChI=1S/C16H24N2O3S/c1-12-9-10-14(22(20,21)17-2)11-15(12)16(19)18-13-7-5-3-4-6-8-13/h9-11,13,17H,3-8H2,1-2H3,(H,18,19). The van der Waals surface area contributed by atoms with Gasteiger partial charge in [-0.2, -0.15) is 0 Å². The molecule has 2 N–H and O–H groups in total. The van der Waals surface area contributed by atoms with Crippen molar-refractivity contribution in [2.24, 2.45) is 0 Å². The summed E-state index contributed by atoms with van der Waals surface area (Å²) < 4.78 is 26.0. The zero-order chi connectivity index (χ0) is 16.2. The third-order valence-corrected chi connectivity index (χ3v) is 5.64. The molecule has 1 saturated carbocycles. The maximum Gasteiger partial charge on any atom is 0.251 e. The molecule has 0 spiro atoms. The third-order valence-electron chi connectivity index (χ3n) is 4.22. The summed E-state index contributed by atoms with van der Waals surface area (Å²) in [6.07, 6.45) is 6.72. The average Bonchev–Trinajstić information content (AvgIpc) is 2.76. The Morgan fingerprint density at radius 3 is 2.36 bits per heavy atom. The van der Waals surface area contributed by atoms with E-state index in [1.165, 1.54) is 32.0 Å². The van der Waals surface area contributed by atoms with Crippen LogP contribution < -0.4 is 10.0 Å². The molecule has 0 unspecified atom stereocenters. The average molecular weight is 324 g/mol. The summed E-state index contributed by atoms with van der Waals surface area (Å²) in [6, 6.07) is 4.84. The van der Waals surface area contributed by atoms with Gasteiger partial charge in [0.1, 0.15) is 0 Å². The van der Waals surface area contributed by atoms with E-state index in [9.17, 15) is 13.2 Å². The van der Waals surface area contributed by atoms with Crippen LogP contribution in [0.3, 0.4) is 0 Å². The predicted molar refractivity (Wildman–Crippen MR) is 86.4 cm³/mol. The lowest BCUT2D eigenvalue weighted by Gasteiger charge is -2.17. The molecule has 1 aliphatic rings. The molecular formula is C16H24N2O3S. The summed E-state index contributed by atoms with van der Waals surface area (Å²) in [5.41, 5.74) is 1.21. The minimum absolute atomic E-state index is 0.117. The summed E-state index contributed by atoms with van der Waals surface area (Å²) >= 11 is 0. The van der Waals surface area contributed by atoms with Crippen molar-refractivity contribution >= 4 is 15.9 Å². The Bertz CT molecular complexity index is 633. The molecule has 0 radical (unpaired) electrons. The molecule has 1 aromatic rings. The molecule has 1 aliphatic carbocycles. The number of hydrogen-bond acceptors (Lipinski definition) is 3. The predicted octanol–water partition coefficient (Wildman–Crippen LogP) is 2.36. The van der Waals surface area contributed by atoms with Gasteiger partial charge < -0.3 is 5.32 Å². The van der Waals surface area contributed by atoms with Crippen LogP contribution in [-0.2, 0) is 10.0 Å². The van der Waals surface area contributed by atoms with Crippen LogP contribution in [0.25, 0.3) is 0 Å². The van der Waals surface area contributed by atoms with Crippen LogP contribution in [0.5, 0.6) is 0 Å². The van der Waals surface area contributed by atoms with Crippen molar-refractivity contribution in [2.45, 2.75) is 56.4 Å². The second-order valence-electron chi connectivity index (χ2n) is 5.85. The van der Waals surface area contributed by atoms with Crippen LogP contribution in [0.1, 0.15) is 54.4 Å². The van der Waals surface area contributed by atoms with Gasteiger partial charge in [-0.3, -0.25) is 4.79 Å². The van der Waals surface area contributed by atoms with Crippen LogP contribution >= 0.6 is 0 Å². The number of amides is 1. The molecule has 1 aromatic carbocycles. The first-order valence-electron chi connectivity index (χ1n) is 7.79. The summed E-state index contributed by atoms with van der Waals surface area (Å²) in [6.45, 7) is 1.82. The Labute approximate surface area is 132 Å². The Morgan fingerprint density at radius 1 is 1.14 bits per heavy atom. The SMILES string of the molecule is CNS(=O)(=O)c1ccc(C)c(C(=O)NC2CCCCCC2)c1. The van der Waals surface area contributed by atoms with Gasteiger partial charge in [-0.1, -0.05) is 31.7 Å². The van der Waals surface area contributed by atoms with Crippen LogP contribution in [0.2, 0.25) is 0 Å². The fourth-order valence-electron chi connectivity index (χ4n) is 2.82. The number of carbonyl (C=O) groups excluding carboxylic acids is 1. The van der Waals surface area contributed by atoms with Crippen molar-refractivity contribution in [2.75, 3.05) is 7.05 Å². The number of benzene rings is 1. The molecule has 2 rings (SSSR count). The summed E-state index contributed by atoms with van der Waals surface area (Å²) in [5.74, 6) is -0.183. The fourth-order valence-corrected chi connectivity index (χ4v) is 3.57. The minimum Gasteiger partial charge on any atom is -0.349 e. The highest BCUT2D eigenvalue weighted by molar-refractivity contribution is 7.89. The molecule has 0 aliphatic heterocycles. The monoisotopic (exact) mass is 324 g/mol. The Balaban J connectivity index is 2.19. The molecule has 1 amide bonds. The van der Waals surface area contributed by atoms with Crippen molar-refractivity contribution in [1.82, 2.24) is 10.0 Å². The van der Waals surface area contributed by atoms with Crippen LogP contribution in [0.15, 0.2) is 23.1 Å². The normalized spacial score (nSPS) is 17.0. The number of hydrogen-bond donors (Lipinski definition) is 2. The van der Waals surface area contributed by atoms with E-state index in [4.69, 9.17) is 0 Å². The first kappa shape index (κ1) is 17.0. The van der Waals surface area contributed by atoms with E-state index in [2.05, 4.69) is 10.0 Å². The first-order valence-corrected chi connectivity index (χ1v) is 9.27. The lowest BCUT2D eigenvalue weighted by Crippen LogP contribution is -2.35. The maximum absolute atomic E-state index is 12.5. The fraction of sp³-hybridized carbons (Fsp3) is 0.562. The van der Waals surface area contributed by atoms with Crippen molar-refractivity contribution in [3.8, 4) is 0 Å².